The summed E-state index contributed by atoms with van der Waals surface area (Å²) in [6, 6.07) is 3.43. The minimum atomic E-state index is -0.781. The van der Waals surface area contributed by atoms with Gasteiger partial charge in [0.05, 0.1) is 18.2 Å². The fourth-order valence-electron chi connectivity index (χ4n) is 2.15. The van der Waals surface area contributed by atoms with Crippen molar-refractivity contribution in [3.05, 3.63) is 23.5 Å². The van der Waals surface area contributed by atoms with E-state index in [9.17, 15) is 9.90 Å². The highest BCUT2D eigenvalue weighted by atomic mass is 16.5. The number of phenolic OH excluding ortho intramolecular Hbond substituents is 1. The SMILES string of the molecule is COc1cc(C)cc(-c2nc(C(C)(C)NC(C)=O)no2)c1O. The van der Waals surface area contributed by atoms with E-state index >= 15 is 0 Å². The van der Waals surface area contributed by atoms with Crippen LogP contribution < -0.4 is 10.1 Å². The van der Waals surface area contributed by atoms with Crippen molar-refractivity contribution in [2.45, 2.75) is 33.2 Å². The Morgan fingerprint density at radius 3 is 2.68 bits per heavy atom. The number of carbonyl (C=O) groups excluding carboxylic acids is 1. The van der Waals surface area contributed by atoms with Gasteiger partial charge in [0.1, 0.15) is 0 Å². The molecule has 0 bridgehead atoms. The Hall–Kier alpha value is -2.57. The first kappa shape index (κ1) is 15.8. The normalized spacial score (nSPS) is 11.3. The molecule has 7 nitrogen and oxygen atoms in total. The number of benzene rings is 1. The number of nitrogens with one attached hydrogen (secondary N) is 1. The number of phenols is 1. The van der Waals surface area contributed by atoms with Crippen LogP contribution in [0.15, 0.2) is 16.7 Å². The molecule has 0 saturated heterocycles. The van der Waals surface area contributed by atoms with E-state index in [-0.39, 0.29) is 17.5 Å². The summed E-state index contributed by atoms with van der Waals surface area (Å²) < 4.78 is 10.3. The molecule has 0 aliphatic carbocycles. The molecular formula is C15H19N3O4. The maximum Gasteiger partial charge on any atom is 0.261 e. The highest BCUT2D eigenvalue weighted by Gasteiger charge is 2.28. The highest BCUT2D eigenvalue weighted by molar-refractivity contribution is 5.74. The van der Waals surface area contributed by atoms with Crippen LogP contribution in [-0.4, -0.2) is 28.3 Å². The third kappa shape index (κ3) is 3.03. The first-order chi connectivity index (χ1) is 10.2. The number of methoxy groups -OCH3 is 1. The zero-order chi connectivity index (χ0) is 16.5. The van der Waals surface area contributed by atoms with Crippen LogP contribution in [0.5, 0.6) is 11.5 Å². The molecule has 0 spiro atoms. The Balaban J connectivity index is 2.45. The number of aromatic nitrogens is 2. The van der Waals surface area contributed by atoms with E-state index in [1.165, 1.54) is 14.0 Å². The number of aryl methyl sites for hydroxylation is 1. The lowest BCUT2D eigenvalue weighted by atomic mass is 10.0. The molecule has 0 radical (unpaired) electrons. The van der Waals surface area contributed by atoms with Crippen molar-refractivity contribution in [3.8, 4) is 23.0 Å². The number of aromatic hydroxyl groups is 1. The summed E-state index contributed by atoms with van der Waals surface area (Å²) in [6.45, 7) is 6.81. The smallest absolute Gasteiger partial charge is 0.261 e. The first-order valence-corrected chi connectivity index (χ1v) is 6.75. The van der Waals surface area contributed by atoms with E-state index in [1.807, 2.05) is 6.92 Å². The summed E-state index contributed by atoms with van der Waals surface area (Å²) in [4.78, 5) is 15.5. The Kier molecular flexibility index (Phi) is 4.07. The van der Waals surface area contributed by atoms with Gasteiger partial charge in [-0.05, 0) is 38.5 Å². The van der Waals surface area contributed by atoms with Crippen molar-refractivity contribution in [2.75, 3.05) is 7.11 Å². The van der Waals surface area contributed by atoms with Crippen LogP contribution in [0.3, 0.4) is 0 Å². The van der Waals surface area contributed by atoms with E-state index in [0.717, 1.165) is 5.56 Å². The van der Waals surface area contributed by atoms with E-state index in [0.29, 0.717) is 17.1 Å². The minimum absolute atomic E-state index is 0.0689. The van der Waals surface area contributed by atoms with Gasteiger partial charge in [-0.2, -0.15) is 4.98 Å². The lowest BCUT2D eigenvalue weighted by Gasteiger charge is -2.20. The molecule has 2 aromatic rings. The van der Waals surface area contributed by atoms with Gasteiger partial charge in [-0.3, -0.25) is 4.79 Å². The Labute approximate surface area is 128 Å². The highest BCUT2D eigenvalue weighted by Crippen LogP contribution is 2.37. The van der Waals surface area contributed by atoms with Gasteiger partial charge in [-0.15, -0.1) is 0 Å². The number of hydrogen-bond acceptors (Lipinski definition) is 6. The van der Waals surface area contributed by atoms with Gasteiger partial charge in [-0.25, -0.2) is 0 Å². The summed E-state index contributed by atoms with van der Waals surface area (Å²) >= 11 is 0. The molecule has 2 rings (SSSR count). The molecule has 0 aliphatic rings. The van der Waals surface area contributed by atoms with Crippen molar-refractivity contribution in [1.29, 1.82) is 0 Å². The van der Waals surface area contributed by atoms with Gasteiger partial charge < -0.3 is 19.7 Å². The number of amides is 1. The molecule has 0 saturated carbocycles. The maximum absolute atomic E-state index is 11.2. The summed E-state index contributed by atoms with van der Waals surface area (Å²) in [6.07, 6.45) is 0. The van der Waals surface area contributed by atoms with Crippen molar-refractivity contribution < 1.29 is 19.2 Å². The molecule has 7 heteroatoms. The van der Waals surface area contributed by atoms with Crippen LogP contribution in [0.2, 0.25) is 0 Å². The second-order valence-electron chi connectivity index (χ2n) is 5.59. The zero-order valence-corrected chi connectivity index (χ0v) is 13.2. The average molecular weight is 305 g/mol. The van der Waals surface area contributed by atoms with E-state index in [4.69, 9.17) is 9.26 Å². The van der Waals surface area contributed by atoms with Crippen LogP contribution >= 0.6 is 0 Å². The molecule has 1 aromatic carbocycles. The molecule has 2 N–H and O–H groups in total. The minimum Gasteiger partial charge on any atom is -0.504 e. The van der Waals surface area contributed by atoms with Crippen LogP contribution in [0, 0.1) is 6.92 Å². The van der Waals surface area contributed by atoms with Gasteiger partial charge in [0.15, 0.2) is 17.3 Å². The summed E-state index contributed by atoms with van der Waals surface area (Å²) in [7, 11) is 1.47. The second-order valence-corrected chi connectivity index (χ2v) is 5.59. The van der Waals surface area contributed by atoms with E-state index in [1.54, 1.807) is 26.0 Å². The molecule has 1 aromatic heterocycles. The number of rotatable bonds is 4. The largest absolute Gasteiger partial charge is 0.504 e. The van der Waals surface area contributed by atoms with Crippen molar-refractivity contribution in [3.63, 3.8) is 0 Å². The summed E-state index contributed by atoms with van der Waals surface area (Å²) in [5, 5.41) is 16.8. The lowest BCUT2D eigenvalue weighted by Crippen LogP contribution is -2.40. The van der Waals surface area contributed by atoms with E-state index in [2.05, 4.69) is 15.5 Å². The summed E-state index contributed by atoms with van der Waals surface area (Å²) in [5.41, 5.74) is 0.483. The average Bonchev–Trinajstić information content (AvgIpc) is 2.89. The molecule has 1 heterocycles. The number of carbonyl (C=O) groups is 1. The summed E-state index contributed by atoms with van der Waals surface area (Å²) in [5.74, 6) is 0.540. The molecule has 22 heavy (non-hydrogen) atoms. The predicted molar refractivity (Wildman–Crippen MR) is 79.5 cm³/mol. The lowest BCUT2D eigenvalue weighted by molar-refractivity contribution is -0.120. The molecule has 0 aliphatic heterocycles. The van der Waals surface area contributed by atoms with Crippen LogP contribution in [0.25, 0.3) is 11.5 Å². The predicted octanol–water partition coefficient (Wildman–Crippen LogP) is 2.13. The third-order valence-electron chi connectivity index (χ3n) is 3.14. The van der Waals surface area contributed by atoms with Crippen LogP contribution in [0.4, 0.5) is 0 Å². The number of hydrogen-bond donors (Lipinski definition) is 2. The molecular weight excluding hydrogens is 286 g/mol. The van der Waals surface area contributed by atoms with Crippen LogP contribution in [-0.2, 0) is 10.3 Å². The molecule has 118 valence electrons. The maximum atomic E-state index is 11.2. The van der Waals surface area contributed by atoms with Gasteiger partial charge in [0, 0.05) is 6.92 Å². The fraction of sp³-hybridized carbons (Fsp3) is 0.400. The van der Waals surface area contributed by atoms with Crippen LogP contribution in [0.1, 0.15) is 32.2 Å². The van der Waals surface area contributed by atoms with Gasteiger partial charge >= 0.3 is 0 Å². The number of ether oxygens (including phenoxy) is 1. The van der Waals surface area contributed by atoms with Crippen molar-refractivity contribution in [1.82, 2.24) is 15.5 Å². The quantitative estimate of drug-likeness (QED) is 0.898. The van der Waals surface area contributed by atoms with Crippen molar-refractivity contribution >= 4 is 5.91 Å². The topological polar surface area (TPSA) is 97.5 Å². The van der Waals surface area contributed by atoms with Gasteiger partial charge in [0.2, 0.25) is 5.91 Å². The van der Waals surface area contributed by atoms with E-state index < -0.39 is 5.54 Å². The standard InChI is InChI=1S/C15H19N3O4/c1-8-6-10(12(20)11(7-8)21-5)13-16-14(18-22-13)15(3,4)17-9(2)19/h6-7,20H,1-5H3,(H,17,19). The Bertz CT molecular complexity index is 707. The van der Waals surface area contributed by atoms with Crippen molar-refractivity contribution in [2.24, 2.45) is 0 Å². The number of nitrogens with zero attached hydrogens (tertiary/aromatic N) is 2. The second kappa shape index (κ2) is 5.67. The third-order valence-corrected chi connectivity index (χ3v) is 3.14. The molecule has 0 atom stereocenters. The molecule has 0 unspecified atom stereocenters. The Morgan fingerprint density at radius 2 is 2.09 bits per heavy atom. The van der Waals surface area contributed by atoms with Gasteiger partial charge in [0.25, 0.3) is 5.89 Å². The Morgan fingerprint density at radius 1 is 1.41 bits per heavy atom. The molecule has 0 fully saturated rings. The zero-order valence-electron chi connectivity index (χ0n) is 13.2. The molecule has 1 amide bonds. The first-order valence-electron chi connectivity index (χ1n) is 6.75. The monoisotopic (exact) mass is 305 g/mol. The fourth-order valence-corrected chi connectivity index (χ4v) is 2.15. The van der Waals surface area contributed by atoms with Gasteiger partial charge in [-0.1, -0.05) is 5.16 Å².